The summed E-state index contributed by atoms with van der Waals surface area (Å²) in [6.07, 6.45) is 2.17. The molecule has 0 atom stereocenters. The number of ether oxygens (including phenoxy) is 1. The molecule has 0 fully saturated rings. The van der Waals surface area contributed by atoms with Gasteiger partial charge in [-0.15, -0.1) is 0 Å². The molecule has 0 unspecified atom stereocenters. The summed E-state index contributed by atoms with van der Waals surface area (Å²) in [6.45, 7) is -0.683. The van der Waals surface area contributed by atoms with Gasteiger partial charge in [0.25, 0.3) is 11.8 Å². The normalized spacial score (nSPS) is 10.4. The summed E-state index contributed by atoms with van der Waals surface area (Å²) in [5.74, 6) is -3.82. The Kier molecular flexibility index (Phi) is 6.55. The molecule has 2 aromatic carbocycles. The summed E-state index contributed by atoms with van der Waals surface area (Å²) < 4.78 is 31.4. The molecule has 26 heavy (non-hydrogen) atoms. The molecule has 2 aromatic rings. The highest BCUT2D eigenvalue weighted by Gasteiger charge is 2.12. The van der Waals surface area contributed by atoms with E-state index in [9.17, 15) is 23.2 Å². The maximum absolute atomic E-state index is 13.4. The second-order valence-corrected chi connectivity index (χ2v) is 4.94. The first-order chi connectivity index (χ1) is 12.5. The number of benzene rings is 2. The summed E-state index contributed by atoms with van der Waals surface area (Å²) in [5, 5.41) is 0. The van der Waals surface area contributed by atoms with Crippen LogP contribution in [0.25, 0.3) is 6.08 Å². The van der Waals surface area contributed by atoms with E-state index in [1.165, 1.54) is 42.5 Å². The Morgan fingerprint density at radius 1 is 0.923 bits per heavy atom. The standard InChI is InChI=1S/C18H14F2N2O4/c19-14-7-3-1-5-12(14)9-10-17(24)26-11-16(23)21-22-18(25)13-6-2-4-8-15(13)20/h1-10H,11H2,(H,21,23)(H,22,25)/b10-9+. The maximum atomic E-state index is 13.4. The zero-order valence-corrected chi connectivity index (χ0v) is 13.4. The van der Waals surface area contributed by atoms with Gasteiger partial charge in [0.1, 0.15) is 11.6 Å². The van der Waals surface area contributed by atoms with Gasteiger partial charge in [-0.3, -0.25) is 20.4 Å². The Morgan fingerprint density at radius 3 is 2.27 bits per heavy atom. The van der Waals surface area contributed by atoms with Gasteiger partial charge in [0, 0.05) is 11.6 Å². The number of nitrogens with one attached hydrogen (secondary N) is 2. The lowest BCUT2D eigenvalue weighted by Gasteiger charge is -2.07. The Balaban J connectivity index is 1.76. The summed E-state index contributed by atoms with van der Waals surface area (Å²) in [5.41, 5.74) is 3.91. The average Bonchev–Trinajstić information content (AvgIpc) is 2.64. The van der Waals surface area contributed by atoms with E-state index in [4.69, 9.17) is 0 Å². The lowest BCUT2D eigenvalue weighted by atomic mass is 10.2. The van der Waals surface area contributed by atoms with Crippen molar-refractivity contribution in [2.24, 2.45) is 0 Å². The highest BCUT2D eigenvalue weighted by Crippen LogP contribution is 2.08. The summed E-state index contributed by atoms with van der Waals surface area (Å²) >= 11 is 0. The van der Waals surface area contributed by atoms with Crippen molar-refractivity contribution in [3.05, 3.63) is 77.4 Å². The fraction of sp³-hybridized carbons (Fsp3) is 0.0556. The molecule has 2 rings (SSSR count). The van der Waals surface area contributed by atoms with Crippen molar-refractivity contribution in [3.8, 4) is 0 Å². The van der Waals surface area contributed by atoms with Gasteiger partial charge in [-0.2, -0.15) is 0 Å². The molecule has 0 aliphatic rings. The van der Waals surface area contributed by atoms with Crippen LogP contribution in [0.3, 0.4) is 0 Å². The highest BCUT2D eigenvalue weighted by atomic mass is 19.1. The Hall–Kier alpha value is -3.55. The molecular formula is C18H14F2N2O4. The number of rotatable bonds is 5. The van der Waals surface area contributed by atoms with Crippen LogP contribution < -0.4 is 10.9 Å². The highest BCUT2D eigenvalue weighted by molar-refractivity contribution is 5.96. The van der Waals surface area contributed by atoms with Gasteiger partial charge in [-0.05, 0) is 24.3 Å². The van der Waals surface area contributed by atoms with Crippen LogP contribution in [0.5, 0.6) is 0 Å². The number of halogens is 2. The SMILES string of the molecule is O=C(COC(=O)/C=C/c1ccccc1F)NNC(=O)c1ccccc1F. The van der Waals surface area contributed by atoms with Crippen molar-refractivity contribution < 1.29 is 27.9 Å². The van der Waals surface area contributed by atoms with E-state index in [0.29, 0.717) is 0 Å². The monoisotopic (exact) mass is 360 g/mol. The third-order valence-electron chi connectivity index (χ3n) is 3.08. The molecule has 134 valence electrons. The fourth-order valence-corrected chi connectivity index (χ4v) is 1.83. The lowest BCUT2D eigenvalue weighted by Crippen LogP contribution is -2.43. The molecule has 8 heteroatoms. The van der Waals surface area contributed by atoms with Crippen LogP contribution in [-0.4, -0.2) is 24.4 Å². The Morgan fingerprint density at radius 2 is 1.58 bits per heavy atom. The minimum atomic E-state index is -0.871. The fourth-order valence-electron chi connectivity index (χ4n) is 1.83. The molecule has 6 nitrogen and oxygen atoms in total. The van der Waals surface area contributed by atoms with E-state index in [2.05, 4.69) is 4.74 Å². The van der Waals surface area contributed by atoms with Crippen molar-refractivity contribution in [2.75, 3.05) is 6.61 Å². The Labute approximate surface area is 147 Å². The largest absolute Gasteiger partial charge is 0.452 e. The predicted octanol–water partition coefficient (Wildman–Crippen LogP) is 1.98. The first kappa shape index (κ1) is 18.8. The molecule has 0 aromatic heterocycles. The van der Waals surface area contributed by atoms with Crippen LogP contribution in [0, 0.1) is 11.6 Å². The smallest absolute Gasteiger partial charge is 0.331 e. The van der Waals surface area contributed by atoms with E-state index in [1.807, 2.05) is 10.9 Å². The molecule has 2 amide bonds. The van der Waals surface area contributed by atoms with Crippen LogP contribution >= 0.6 is 0 Å². The van der Waals surface area contributed by atoms with Crippen LogP contribution in [0.15, 0.2) is 54.6 Å². The zero-order chi connectivity index (χ0) is 18.9. The van der Waals surface area contributed by atoms with E-state index < -0.39 is 36.0 Å². The van der Waals surface area contributed by atoms with Crippen LogP contribution in [-0.2, 0) is 14.3 Å². The molecule has 0 bridgehead atoms. The second-order valence-electron chi connectivity index (χ2n) is 4.94. The van der Waals surface area contributed by atoms with E-state index in [0.717, 1.165) is 12.1 Å². The molecule has 0 radical (unpaired) electrons. The van der Waals surface area contributed by atoms with Gasteiger partial charge in [0.2, 0.25) is 0 Å². The molecule has 0 aliphatic carbocycles. The van der Waals surface area contributed by atoms with E-state index >= 15 is 0 Å². The van der Waals surface area contributed by atoms with Crippen molar-refractivity contribution in [3.63, 3.8) is 0 Å². The molecule has 0 spiro atoms. The van der Waals surface area contributed by atoms with Crippen LogP contribution in [0.1, 0.15) is 15.9 Å². The minimum Gasteiger partial charge on any atom is -0.452 e. The third kappa shape index (κ3) is 5.52. The number of hydrogen-bond acceptors (Lipinski definition) is 4. The van der Waals surface area contributed by atoms with Gasteiger partial charge in [0.15, 0.2) is 6.61 Å². The van der Waals surface area contributed by atoms with Gasteiger partial charge in [0.05, 0.1) is 5.56 Å². The van der Waals surface area contributed by atoms with E-state index in [-0.39, 0.29) is 11.1 Å². The maximum Gasteiger partial charge on any atom is 0.331 e. The van der Waals surface area contributed by atoms with Crippen molar-refractivity contribution in [1.82, 2.24) is 10.9 Å². The van der Waals surface area contributed by atoms with Crippen molar-refractivity contribution >= 4 is 23.9 Å². The summed E-state index contributed by atoms with van der Waals surface area (Å²) in [7, 11) is 0. The third-order valence-corrected chi connectivity index (χ3v) is 3.08. The number of hydrazine groups is 1. The quantitative estimate of drug-likeness (QED) is 0.485. The lowest BCUT2D eigenvalue weighted by molar-refractivity contribution is -0.144. The predicted molar refractivity (Wildman–Crippen MR) is 88.4 cm³/mol. The van der Waals surface area contributed by atoms with Crippen molar-refractivity contribution in [1.29, 1.82) is 0 Å². The number of carbonyl (C=O) groups is 3. The molecule has 0 heterocycles. The second kappa shape index (κ2) is 9.07. The van der Waals surface area contributed by atoms with Crippen molar-refractivity contribution in [2.45, 2.75) is 0 Å². The number of amides is 2. The average molecular weight is 360 g/mol. The topological polar surface area (TPSA) is 84.5 Å². The number of hydrogen-bond donors (Lipinski definition) is 2. The van der Waals surface area contributed by atoms with Crippen LogP contribution in [0.4, 0.5) is 8.78 Å². The molecule has 2 N–H and O–H groups in total. The zero-order valence-electron chi connectivity index (χ0n) is 13.4. The number of carbonyl (C=O) groups excluding carboxylic acids is 3. The molecular weight excluding hydrogens is 346 g/mol. The molecule has 0 saturated carbocycles. The Bertz CT molecular complexity index is 853. The first-order valence-electron chi connectivity index (χ1n) is 7.40. The summed E-state index contributed by atoms with van der Waals surface area (Å²) in [4.78, 5) is 34.7. The van der Waals surface area contributed by atoms with Gasteiger partial charge in [-0.25, -0.2) is 13.6 Å². The molecule has 0 aliphatic heterocycles. The van der Waals surface area contributed by atoms with Crippen LogP contribution in [0.2, 0.25) is 0 Å². The number of esters is 1. The first-order valence-corrected chi connectivity index (χ1v) is 7.40. The summed E-state index contributed by atoms with van der Waals surface area (Å²) in [6, 6.07) is 11.0. The van der Waals surface area contributed by atoms with E-state index in [1.54, 1.807) is 6.07 Å². The van der Waals surface area contributed by atoms with Gasteiger partial charge < -0.3 is 4.74 Å². The molecule has 0 saturated heterocycles. The van der Waals surface area contributed by atoms with Gasteiger partial charge >= 0.3 is 5.97 Å². The van der Waals surface area contributed by atoms with Gasteiger partial charge in [-0.1, -0.05) is 30.3 Å². The minimum absolute atomic E-state index is 0.186.